The van der Waals surface area contributed by atoms with Gasteiger partial charge in [0, 0.05) is 7.05 Å². The van der Waals surface area contributed by atoms with Crippen molar-refractivity contribution in [3.8, 4) is 0 Å². The molecule has 0 fully saturated rings. The Morgan fingerprint density at radius 2 is 2.25 bits per heavy atom. The van der Waals surface area contributed by atoms with Crippen molar-refractivity contribution in [2.45, 2.75) is 13.3 Å². The number of fused-ring (bicyclic) bond motifs is 1. The quantitative estimate of drug-likeness (QED) is 0.625. The minimum atomic E-state index is 1.08. The number of hydrogen-bond acceptors (Lipinski definition) is 1. The predicted molar refractivity (Wildman–Crippen MR) is 50.1 cm³/mol. The lowest BCUT2D eigenvalue weighted by atomic mass is 10.1. The number of imidazole rings is 1. The summed E-state index contributed by atoms with van der Waals surface area (Å²) < 4.78 is 2.05. The Hall–Kier alpha value is -1.31. The van der Waals surface area contributed by atoms with Crippen LogP contribution in [0.3, 0.4) is 0 Å². The highest BCUT2D eigenvalue weighted by atomic mass is 15.0. The lowest BCUT2D eigenvalue weighted by Crippen LogP contribution is -1.85. The molecule has 0 radical (unpaired) electrons. The second kappa shape index (κ2) is 2.63. The fraction of sp³-hybridized carbons (Fsp3) is 0.300. The largest absolute Gasteiger partial charge is 0.334 e. The van der Waals surface area contributed by atoms with Gasteiger partial charge in [-0.3, -0.25) is 0 Å². The van der Waals surface area contributed by atoms with Crippen LogP contribution >= 0.6 is 0 Å². The van der Waals surface area contributed by atoms with E-state index in [4.69, 9.17) is 0 Å². The molecular formula is C10H12N2. The maximum absolute atomic E-state index is 4.26. The smallest absolute Gasteiger partial charge is 0.0955 e. The number of rotatable bonds is 1. The van der Waals surface area contributed by atoms with Gasteiger partial charge >= 0.3 is 0 Å². The first-order valence-corrected chi connectivity index (χ1v) is 4.21. The molecule has 62 valence electrons. The molecule has 1 aromatic heterocycles. The van der Waals surface area contributed by atoms with Crippen molar-refractivity contribution in [2.24, 2.45) is 7.05 Å². The van der Waals surface area contributed by atoms with Crippen LogP contribution in [-0.4, -0.2) is 9.55 Å². The molecule has 0 spiro atoms. The van der Waals surface area contributed by atoms with Gasteiger partial charge < -0.3 is 4.57 Å². The van der Waals surface area contributed by atoms with Crippen molar-refractivity contribution >= 4 is 11.0 Å². The normalized spacial score (nSPS) is 10.8. The molecule has 0 bridgehead atoms. The van der Waals surface area contributed by atoms with E-state index in [0.29, 0.717) is 0 Å². The molecule has 12 heavy (non-hydrogen) atoms. The minimum Gasteiger partial charge on any atom is -0.334 e. The number of aryl methyl sites for hydroxylation is 2. The van der Waals surface area contributed by atoms with Gasteiger partial charge in [0.05, 0.1) is 17.4 Å². The zero-order chi connectivity index (χ0) is 8.55. The zero-order valence-electron chi connectivity index (χ0n) is 7.41. The SMILES string of the molecule is CCc1ccc2ncn(C)c2c1. The van der Waals surface area contributed by atoms with Crippen LogP contribution < -0.4 is 0 Å². The van der Waals surface area contributed by atoms with Crippen LogP contribution in [0.5, 0.6) is 0 Å². The van der Waals surface area contributed by atoms with Crippen molar-refractivity contribution in [1.82, 2.24) is 9.55 Å². The summed E-state index contributed by atoms with van der Waals surface area (Å²) in [6.45, 7) is 2.16. The van der Waals surface area contributed by atoms with E-state index in [1.165, 1.54) is 11.1 Å². The zero-order valence-corrected chi connectivity index (χ0v) is 7.41. The maximum Gasteiger partial charge on any atom is 0.0955 e. The van der Waals surface area contributed by atoms with Crippen molar-refractivity contribution in [3.05, 3.63) is 30.1 Å². The van der Waals surface area contributed by atoms with E-state index in [0.717, 1.165) is 11.9 Å². The highest BCUT2D eigenvalue weighted by Gasteiger charge is 1.98. The third kappa shape index (κ3) is 0.998. The molecule has 2 rings (SSSR count). The Balaban J connectivity index is 2.71. The summed E-state index contributed by atoms with van der Waals surface area (Å²) in [4.78, 5) is 4.26. The third-order valence-electron chi connectivity index (χ3n) is 2.20. The lowest BCUT2D eigenvalue weighted by molar-refractivity contribution is 0.946. The number of benzene rings is 1. The van der Waals surface area contributed by atoms with E-state index >= 15 is 0 Å². The second-order valence-electron chi connectivity index (χ2n) is 3.03. The molecule has 0 atom stereocenters. The van der Waals surface area contributed by atoms with Gasteiger partial charge in [-0.05, 0) is 24.1 Å². The number of aromatic nitrogens is 2. The van der Waals surface area contributed by atoms with E-state index in [-0.39, 0.29) is 0 Å². The van der Waals surface area contributed by atoms with Gasteiger partial charge in [-0.25, -0.2) is 4.98 Å². The molecule has 2 heteroatoms. The third-order valence-corrected chi connectivity index (χ3v) is 2.20. The first kappa shape index (κ1) is 7.35. The van der Waals surface area contributed by atoms with E-state index in [1.54, 1.807) is 0 Å². The summed E-state index contributed by atoms with van der Waals surface area (Å²) in [5, 5.41) is 0. The van der Waals surface area contributed by atoms with Crippen LogP contribution in [0, 0.1) is 0 Å². The van der Waals surface area contributed by atoms with E-state index < -0.39 is 0 Å². The molecule has 0 saturated heterocycles. The van der Waals surface area contributed by atoms with Crippen molar-refractivity contribution in [3.63, 3.8) is 0 Å². The molecule has 0 amide bonds. The summed E-state index contributed by atoms with van der Waals surface area (Å²) >= 11 is 0. The fourth-order valence-electron chi connectivity index (χ4n) is 1.39. The summed E-state index contributed by atoms with van der Waals surface area (Å²) in [6.07, 6.45) is 2.94. The fourth-order valence-corrected chi connectivity index (χ4v) is 1.39. The van der Waals surface area contributed by atoms with E-state index in [2.05, 4.69) is 34.7 Å². The van der Waals surface area contributed by atoms with Gasteiger partial charge in [0.2, 0.25) is 0 Å². The molecule has 0 N–H and O–H groups in total. The highest BCUT2D eigenvalue weighted by Crippen LogP contribution is 2.13. The Kier molecular flexibility index (Phi) is 1.61. The van der Waals surface area contributed by atoms with Crippen LogP contribution in [0.15, 0.2) is 24.5 Å². The van der Waals surface area contributed by atoms with Crippen LogP contribution in [0.1, 0.15) is 12.5 Å². The number of nitrogens with zero attached hydrogens (tertiary/aromatic N) is 2. The minimum absolute atomic E-state index is 1.08. The van der Waals surface area contributed by atoms with Gasteiger partial charge in [0.25, 0.3) is 0 Å². The van der Waals surface area contributed by atoms with Crippen molar-refractivity contribution in [1.29, 1.82) is 0 Å². The molecule has 1 aromatic carbocycles. The van der Waals surface area contributed by atoms with Crippen LogP contribution in [-0.2, 0) is 13.5 Å². The van der Waals surface area contributed by atoms with Crippen molar-refractivity contribution in [2.75, 3.05) is 0 Å². The standard InChI is InChI=1S/C10H12N2/c1-3-8-4-5-9-10(6-8)12(2)7-11-9/h4-7H,3H2,1-2H3. The lowest BCUT2D eigenvalue weighted by Gasteiger charge is -1.97. The Morgan fingerprint density at radius 1 is 1.42 bits per heavy atom. The molecule has 0 aliphatic carbocycles. The predicted octanol–water partition coefficient (Wildman–Crippen LogP) is 2.14. The first-order valence-electron chi connectivity index (χ1n) is 4.21. The summed E-state index contributed by atoms with van der Waals surface area (Å²) in [5.74, 6) is 0. The van der Waals surface area contributed by atoms with Crippen LogP contribution in [0.4, 0.5) is 0 Å². The summed E-state index contributed by atoms with van der Waals surface area (Å²) in [5.41, 5.74) is 3.66. The molecule has 0 aliphatic heterocycles. The molecule has 1 heterocycles. The Bertz CT molecular complexity index is 401. The number of hydrogen-bond donors (Lipinski definition) is 0. The van der Waals surface area contributed by atoms with Crippen LogP contribution in [0.25, 0.3) is 11.0 Å². The molecule has 2 nitrogen and oxygen atoms in total. The van der Waals surface area contributed by atoms with Crippen LogP contribution in [0.2, 0.25) is 0 Å². The Morgan fingerprint density at radius 3 is 3.00 bits per heavy atom. The average Bonchev–Trinajstić information content (AvgIpc) is 2.47. The summed E-state index contributed by atoms with van der Waals surface area (Å²) in [7, 11) is 2.02. The second-order valence-corrected chi connectivity index (χ2v) is 3.03. The monoisotopic (exact) mass is 160 g/mol. The topological polar surface area (TPSA) is 17.8 Å². The van der Waals surface area contributed by atoms with Crippen molar-refractivity contribution < 1.29 is 0 Å². The molecule has 2 aromatic rings. The van der Waals surface area contributed by atoms with Gasteiger partial charge in [-0.1, -0.05) is 13.0 Å². The molecular weight excluding hydrogens is 148 g/mol. The average molecular weight is 160 g/mol. The van der Waals surface area contributed by atoms with Gasteiger partial charge in [-0.15, -0.1) is 0 Å². The molecule has 0 aliphatic rings. The van der Waals surface area contributed by atoms with Gasteiger partial charge in [-0.2, -0.15) is 0 Å². The first-order chi connectivity index (χ1) is 5.81. The van der Waals surface area contributed by atoms with E-state index in [1.807, 2.05) is 13.4 Å². The molecule has 0 saturated carbocycles. The highest BCUT2D eigenvalue weighted by molar-refractivity contribution is 5.75. The molecule has 0 unspecified atom stereocenters. The van der Waals surface area contributed by atoms with Gasteiger partial charge in [0.1, 0.15) is 0 Å². The van der Waals surface area contributed by atoms with E-state index in [9.17, 15) is 0 Å². The maximum atomic E-state index is 4.26. The summed E-state index contributed by atoms with van der Waals surface area (Å²) in [6, 6.07) is 6.41. The Labute approximate surface area is 71.8 Å². The van der Waals surface area contributed by atoms with Gasteiger partial charge in [0.15, 0.2) is 0 Å².